The number of hydrogen-bond donors (Lipinski definition) is 2. The lowest BCUT2D eigenvalue weighted by Crippen LogP contribution is -2.52. The van der Waals surface area contributed by atoms with E-state index in [-0.39, 0.29) is 11.8 Å². The third kappa shape index (κ3) is 5.85. The molecular formula is C20H25Cl2N5O2S. The second-order valence-corrected chi connectivity index (χ2v) is 9.09. The van der Waals surface area contributed by atoms with Crippen LogP contribution in [0.5, 0.6) is 0 Å². The van der Waals surface area contributed by atoms with Crippen LogP contribution in [0.4, 0.5) is 10.8 Å². The smallest absolute Gasteiger partial charge is 0.274 e. The number of carbonyl (C=O) groups is 2. The van der Waals surface area contributed by atoms with Gasteiger partial charge in [0.25, 0.3) is 5.91 Å². The normalized spacial score (nSPS) is 16.6. The van der Waals surface area contributed by atoms with Crippen LogP contribution in [0.3, 0.4) is 0 Å². The van der Waals surface area contributed by atoms with E-state index in [4.69, 9.17) is 23.2 Å². The van der Waals surface area contributed by atoms with Crippen LogP contribution in [-0.4, -0.2) is 66.4 Å². The molecule has 2 amide bonds. The minimum Gasteiger partial charge on any atom is -0.353 e. The third-order valence-electron chi connectivity index (χ3n) is 4.82. The summed E-state index contributed by atoms with van der Waals surface area (Å²) in [7, 11) is 3.90. The van der Waals surface area contributed by atoms with Crippen molar-refractivity contribution in [2.75, 3.05) is 39.0 Å². The van der Waals surface area contributed by atoms with E-state index in [1.165, 1.54) is 11.3 Å². The van der Waals surface area contributed by atoms with E-state index in [1.54, 1.807) is 28.5 Å². The predicted molar refractivity (Wildman–Crippen MR) is 122 cm³/mol. The number of thiazole rings is 1. The molecule has 0 aliphatic carbocycles. The van der Waals surface area contributed by atoms with Crippen LogP contribution in [0.1, 0.15) is 29.8 Å². The molecule has 2 aromatic rings. The summed E-state index contributed by atoms with van der Waals surface area (Å²) in [5, 5.41) is 9.32. The van der Waals surface area contributed by atoms with Gasteiger partial charge >= 0.3 is 0 Å². The summed E-state index contributed by atoms with van der Waals surface area (Å²) >= 11 is 13.5. The van der Waals surface area contributed by atoms with Gasteiger partial charge in [0.2, 0.25) is 5.91 Å². The van der Waals surface area contributed by atoms with Crippen molar-refractivity contribution in [3.8, 4) is 0 Å². The second kappa shape index (κ2) is 10.4. The summed E-state index contributed by atoms with van der Waals surface area (Å²) in [5.41, 5.74) is 0.933. The van der Waals surface area contributed by atoms with Crippen molar-refractivity contribution in [2.45, 2.75) is 25.3 Å². The maximum absolute atomic E-state index is 13.1. The largest absolute Gasteiger partial charge is 0.353 e. The van der Waals surface area contributed by atoms with Crippen LogP contribution >= 0.6 is 34.5 Å². The number of halogens is 2. The van der Waals surface area contributed by atoms with Crippen molar-refractivity contribution in [2.24, 2.45) is 0 Å². The standard InChI is InChI=1S/C20H25Cl2N5O2S/c1-26(2)10-8-23-18(28)17-5-3-4-9-27(17)19(29)16-12-30-20(25-16)24-15-11-13(21)6-7-14(15)22/h6-7,11-12,17H,3-5,8-10H2,1-2H3,(H,23,28)(H,24,25). The summed E-state index contributed by atoms with van der Waals surface area (Å²) in [6.07, 6.45) is 2.46. The Balaban J connectivity index is 1.68. The molecule has 1 aliphatic rings. The van der Waals surface area contributed by atoms with Crippen LogP contribution < -0.4 is 10.6 Å². The van der Waals surface area contributed by atoms with E-state index in [1.807, 2.05) is 19.0 Å². The van der Waals surface area contributed by atoms with Gasteiger partial charge < -0.3 is 20.4 Å². The summed E-state index contributed by atoms with van der Waals surface area (Å²) in [6.45, 7) is 1.85. The molecule has 1 aliphatic heterocycles. The van der Waals surface area contributed by atoms with Gasteiger partial charge in [-0.2, -0.15) is 0 Å². The number of carbonyl (C=O) groups excluding carboxylic acids is 2. The van der Waals surface area contributed by atoms with Crippen molar-refractivity contribution in [1.29, 1.82) is 0 Å². The Morgan fingerprint density at radius 3 is 2.87 bits per heavy atom. The predicted octanol–water partition coefficient (Wildman–Crippen LogP) is 3.87. The maximum atomic E-state index is 13.1. The number of amides is 2. The van der Waals surface area contributed by atoms with Crippen molar-refractivity contribution in [3.63, 3.8) is 0 Å². The van der Waals surface area contributed by atoms with Gasteiger partial charge in [0.1, 0.15) is 11.7 Å². The number of likely N-dealkylation sites (tertiary alicyclic amines) is 1. The Hall–Kier alpha value is -1.87. The molecule has 2 N–H and O–H groups in total. The average Bonchev–Trinajstić information content (AvgIpc) is 3.18. The number of piperidine rings is 1. The number of hydrogen-bond acceptors (Lipinski definition) is 6. The number of rotatable bonds is 7. The number of likely N-dealkylation sites (N-methyl/N-ethyl adjacent to an activating group) is 1. The van der Waals surface area contributed by atoms with Gasteiger partial charge in [0, 0.05) is 30.0 Å². The van der Waals surface area contributed by atoms with E-state index in [0.717, 1.165) is 19.4 Å². The molecule has 0 saturated carbocycles. The van der Waals surface area contributed by atoms with Crippen molar-refractivity contribution < 1.29 is 9.59 Å². The summed E-state index contributed by atoms with van der Waals surface area (Å²) < 4.78 is 0. The van der Waals surface area contributed by atoms with E-state index in [9.17, 15) is 9.59 Å². The Morgan fingerprint density at radius 2 is 2.10 bits per heavy atom. The highest BCUT2D eigenvalue weighted by molar-refractivity contribution is 7.14. The van der Waals surface area contributed by atoms with Gasteiger partial charge in [0.05, 0.1) is 10.7 Å². The van der Waals surface area contributed by atoms with E-state index < -0.39 is 6.04 Å². The highest BCUT2D eigenvalue weighted by Gasteiger charge is 2.33. The van der Waals surface area contributed by atoms with Crippen LogP contribution in [-0.2, 0) is 4.79 Å². The number of nitrogens with one attached hydrogen (secondary N) is 2. The molecule has 1 fully saturated rings. The molecule has 30 heavy (non-hydrogen) atoms. The number of aromatic nitrogens is 1. The first-order valence-corrected chi connectivity index (χ1v) is 11.4. The van der Waals surface area contributed by atoms with E-state index >= 15 is 0 Å². The fourth-order valence-corrected chi connectivity index (χ4v) is 4.29. The van der Waals surface area contributed by atoms with Gasteiger partial charge in [-0.05, 0) is 51.6 Å². The Bertz CT molecular complexity index is 905. The minimum absolute atomic E-state index is 0.107. The summed E-state index contributed by atoms with van der Waals surface area (Å²) in [4.78, 5) is 33.8. The fourth-order valence-electron chi connectivity index (χ4n) is 3.25. The molecular weight excluding hydrogens is 445 g/mol. The quantitative estimate of drug-likeness (QED) is 0.643. The molecule has 7 nitrogen and oxygen atoms in total. The SMILES string of the molecule is CN(C)CCNC(=O)C1CCCCN1C(=O)c1csc(Nc2cc(Cl)ccc2Cl)n1. The highest BCUT2D eigenvalue weighted by atomic mass is 35.5. The van der Waals surface area contributed by atoms with Gasteiger partial charge in [0.15, 0.2) is 5.13 Å². The lowest BCUT2D eigenvalue weighted by Gasteiger charge is -2.34. The van der Waals surface area contributed by atoms with Gasteiger partial charge in [-0.15, -0.1) is 11.3 Å². The van der Waals surface area contributed by atoms with Gasteiger partial charge in [-0.25, -0.2) is 4.98 Å². The van der Waals surface area contributed by atoms with Crippen molar-refractivity contribution >= 4 is 57.2 Å². The molecule has 162 valence electrons. The van der Waals surface area contributed by atoms with Crippen LogP contribution in [0.15, 0.2) is 23.6 Å². The summed E-state index contributed by atoms with van der Waals surface area (Å²) in [6, 6.07) is 4.63. The molecule has 3 rings (SSSR count). The maximum Gasteiger partial charge on any atom is 0.274 e. The zero-order valence-corrected chi connectivity index (χ0v) is 19.3. The Kier molecular flexibility index (Phi) is 7.93. The second-order valence-electron chi connectivity index (χ2n) is 7.39. The van der Waals surface area contributed by atoms with Gasteiger partial charge in [-0.3, -0.25) is 9.59 Å². The van der Waals surface area contributed by atoms with E-state index in [0.29, 0.717) is 46.1 Å². The molecule has 0 bridgehead atoms. The Morgan fingerprint density at radius 1 is 1.30 bits per heavy atom. The zero-order chi connectivity index (χ0) is 21.7. The van der Waals surface area contributed by atoms with Crippen LogP contribution in [0.2, 0.25) is 10.0 Å². The first kappa shape index (κ1) is 22.8. The highest BCUT2D eigenvalue weighted by Crippen LogP contribution is 2.30. The molecule has 1 aromatic heterocycles. The molecule has 1 atom stereocenters. The average molecular weight is 470 g/mol. The first-order valence-electron chi connectivity index (χ1n) is 9.76. The monoisotopic (exact) mass is 469 g/mol. The minimum atomic E-state index is -0.464. The van der Waals surface area contributed by atoms with E-state index in [2.05, 4.69) is 15.6 Å². The number of anilines is 2. The van der Waals surface area contributed by atoms with Crippen molar-refractivity contribution in [1.82, 2.24) is 20.1 Å². The lowest BCUT2D eigenvalue weighted by molar-refractivity contribution is -0.126. The molecule has 1 saturated heterocycles. The van der Waals surface area contributed by atoms with Crippen molar-refractivity contribution in [3.05, 3.63) is 39.3 Å². The fraction of sp³-hybridized carbons (Fsp3) is 0.450. The topological polar surface area (TPSA) is 77.6 Å². The Labute approximate surface area is 190 Å². The summed E-state index contributed by atoms with van der Waals surface area (Å²) in [5.74, 6) is -0.340. The zero-order valence-electron chi connectivity index (χ0n) is 17.0. The van der Waals surface area contributed by atoms with Crippen LogP contribution in [0, 0.1) is 0 Å². The molecule has 2 heterocycles. The molecule has 0 radical (unpaired) electrons. The molecule has 10 heteroatoms. The number of benzene rings is 1. The third-order valence-corrected chi connectivity index (χ3v) is 6.14. The molecule has 1 aromatic carbocycles. The lowest BCUT2D eigenvalue weighted by atomic mass is 10.0. The number of nitrogens with zero attached hydrogens (tertiary/aromatic N) is 3. The molecule has 0 spiro atoms. The van der Waals surface area contributed by atoms with Gasteiger partial charge in [-0.1, -0.05) is 23.2 Å². The van der Waals surface area contributed by atoms with Crippen LogP contribution in [0.25, 0.3) is 0 Å². The first-order chi connectivity index (χ1) is 14.3. The molecule has 1 unspecified atom stereocenters.